The van der Waals surface area contributed by atoms with Crippen molar-refractivity contribution in [2.24, 2.45) is 0 Å². The third-order valence-electron chi connectivity index (χ3n) is 2.91. The average molecular weight is 439 g/mol. The van der Waals surface area contributed by atoms with Gasteiger partial charge in [0.1, 0.15) is 0 Å². The topological polar surface area (TPSA) is 142 Å². The van der Waals surface area contributed by atoms with Gasteiger partial charge < -0.3 is 38.8 Å². The Bertz CT molecular complexity index is 538. The monoisotopic (exact) mass is 438 g/mol. The van der Waals surface area contributed by atoms with Crippen LogP contribution in [-0.2, 0) is 14.2 Å². The number of quaternary nitrogens is 2. The van der Waals surface area contributed by atoms with Gasteiger partial charge in [-0.15, -0.1) is 0 Å². The van der Waals surface area contributed by atoms with Crippen molar-refractivity contribution in [1.29, 1.82) is 0 Å². The van der Waals surface area contributed by atoms with E-state index < -0.39 is 7.82 Å². The Morgan fingerprint density at radius 1 is 0.828 bits per heavy atom. The third kappa shape index (κ3) is 37.8. The molecule has 0 heterocycles. The first-order valence-corrected chi connectivity index (χ1v) is 10.4. The lowest BCUT2D eigenvalue weighted by atomic mass is 10.3. The fourth-order valence-corrected chi connectivity index (χ4v) is 1.31. The van der Waals surface area contributed by atoms with Crippen LogP contribution in [0.3, 0.4) is 0 Å². The molecule has 2 amide bonds. The summed E-state index contributed by atoms with van der Waals surface area (Å²) >= 11 is 0. The average Bonchev–Trinajstić information content (AvgIpc) is 2.42. The van der Waals surface area contributed by atoms with Gasteiger partial charge >= 0.3 is 0 Å². The molecule has 0 bridgehead atoms. The maximum atomic E-state index is 11.0. The van der Waals surface area contributed by atoms with E-state index in [1.54, 1.807) is 13.8 Å². The zero-order chi connectivity index (χ0) is 24.1. The minimum Gasteiger partial charge on any atom is -0.790 e. The number of likely N-dealkylation sites (N-methyl/N-ethyl adjacent to an activating group) is 2. The molecule has 0 saturated heterocycles. The summed E-state index contributed by atoms with van der Waals surface area (Å²) in [5, 5.41) is 5.57. The van der Waals surface area contributed by atoms with E-state index in [9.17, 15) is 9.59 Å². The molecule has 0 aromatic carbocycles. The van der Waals surface area contributed by atoms with E-state index >= 15 is 0 Å². The van der Waals surface area contributed by atoms with Gasteiger partial charge in [0.25, 0.3) is 0 Å². The third-order valence-corrected chi connectivity index (χ3v) is 2.91. The van der Waals surface area contributed by atoms with Gasteiger partial charge in [-0.3, -0.25) is 9.59 Å². The smallest absolute Gasteiger partial charge is 0.246 e. The Morgan fingerprint density at radius 3 is 1.17 bits per heavy atom. The van der Waals surface area contributed by atoms with Crippen LogP contribution in [0.2, 0.25) is 0 Å². The highest BCUT2D eigenvalue weighted by Gasteiger charge is 2.08. The SMILES string of the molecule is C=C(C)C(=O)NCC[N+](C)(C)C.C=C(C)C(=O)NCC[N+](C)(C)C.O=P([O-])([O-])O. The molecule has 0 aliphatic heterocycles. The maximum Gasteiger partial charge on any atom is 0.246 e. The molecule has 10 nitrogen and oxygen atoms in total. The first-order valence-electron chi connectivity index (χ1n) is 8.89. The normalized spacial score (nSPS) is 11.1. The van der Waals surface area contributed by atoms with Crippen molar-refractivity contribution in [2.45, 2.75) is 13.8 Å². The Morgan fingerprint density at radius 2 is 1.03 bits per heavy atom. The van der Waals surface area contributed by atoms with E-state index in [2.05, 4.69) is 66.1 Å². The molecule has 0 aliphatic rings. The molecule has 11 heteroatoms. The molecule has 0 aliphatic carbocycles. The van der Waals surface area contributed by atoms with E-state index in [-0.39, 0.29) is 11.8 Å². The molecule has 0 atom stereocenters. The molecule has 0 fully saturated rings. The van der Waals surface area contributed by atoms with Gasteiger partial charge in [0.15, 0.2) is 0 Å². The summed E-state index contributed by atoms with van der Waals surface area (Å²) < 4.78 is 10.4. The second kappa shape index (κ2) is 14.4. The predicted octanol–water partition coefficient (Wildman–Crippen LogP) is -1.42. The first kappa shape index (κ1) is 32.1. The van der Waals surface area contributed by atoms with Crippen LogP contribution < -0.4 is 20.4 Å². The largest absolute Gasteiger partial charge is 0.790 e. The van der Waals surface area contributed by atoms with Crippen molar-refractivity contribution < 1.29 is 37.8 Å². The second-order valence-corrected chi connectivity index (χ2v) is 9.51. The number of phosphoric acid groups is 1. The van der Waals surface area contributed by atoms with Crippen LogP contribution in [0.25, 0.3) is 0 Å². The molecule has 0 aromatic heterocycles. The van der Waals surface area contributed by atoms with Crippen molar-refractivity contribution in [3.8, 4) is 0 Å². The van der Waals surface area contributed by atoms with Gasteiger partial charge in [-0.2, -0.15) is 0 Å². The molecule has 0 radical (unpaired) electrons. The van der Waals surface area contributed by atoms with Crippen LogP contribution in [0.5, 0.6) is 0 Å². The number of nitrogens with zero attached hydrogens (tertiary/aromatic N) is 2. The number of nitrogens with one attached hydrogen (secondary N) is 2. The number of hydrogen-bond donors (Lipinski definition) is 3. The van der Waals surface area contributed by atoms with Gasteiger partial charge in [-0.1, -0.05) is 13.2 Å². The number of amides is 2. The van der Waals surface area contributed by atoms with Gasteiger partial charge in [-0.05, 0) is 13.8 Å². The molecule has 0 aromatic rings. The number of carbonyl (C=O) groups is 2. The minimum atomic E-state index is -5.14. The highest BCUT2D eigenvalue weighted by Crippen LogP contribution is 2.11. The fourth-order valence-electron chi connectivity index (χ4n) is 1.31. The van der Waals surface area contributed by atoms with Crippen molar-refractivity contribution >= 4 is 19.6 Å². The Hall–Kier alpha value is -1.55. The quantitative estimate of drug-likeness (QED) is 0.241. The lowest BCUT2D eigenvalue weighted by Gasteiger charge is -2.23. The summed E-state index contributed by atoms with van der Waals surface area (Å²) in [5.74, 6) is -0.105. The van der Waals surface area contributed by atoms with Crippen molar-refractivity contribution in [3.05, 3.63) is 24.3 Å². The summed E-state index contributed by atoms with van der Waals surface area (Å²) in [7, 11) is 7.40. The summed E-state index contributed by atoms with van der Waals surface area (Å²) in [5.41, 5.74) is 1.13. The second-order valence-electron chi connectivity index (χ2n) is 8.57. The van der Waals surface area contributed by atoms with Gasteiger partial charge in [0.05, 0.1) is 76.3 Å². The molecule has 29 heavy (non-hydrogen) atoms. The van der Waals surface area contributed by atoms with Gasteiger partial charge in [0, 0.05) is 11.1 Å². The lowest BCUT2D eigenvalue weighted by Crippen LogP contribution is -2.42. The molecular weight excluding hydrogens is 399 g/mol. The molecule has 172 valence electrons. The van der Waals surface area contributed by atoms with E-state index in [1.807, 2.05) is 0 Å². The van der Waals surface area contributed by atoms with Crippen molar-refractivity contribution in [2.75, 3.05) is 68.5 Å². The van der Waals surface area contributed by atoms with E-state index in [1.165, 1.54) is 0 Å². The fraction of sp³-hybridized carbons (Fsp3) is 0.667. The first-order chi connectivity index (χ1) is 12.7. The minimum absolute atomic E-state index is 0.0524. The van der Waals surface area contributed by atoms with Gasteiger partial charge in [-0.25, -0.2) is 0 Å². The summed E-state index contributed by atoms with van der Waals surface area (Å²) in [6.45, 7) is 13.8. The predicted molar refractivity (Wildman–Crippen MR) is 111 cm³/mol. The van der Waals surface area contributed by atoms with Crippen LogP contribution in [0.4, 0.5) is 0 Å². The Labute approximate surface area is 175 Å². The van der Waals surface area contributed by atoms with Crippen LogP contribution >= 0.6 is 7.82 Å². The van der Waals surface area contributed by atoms with Crippen molar-refractivity contribution in [3.63, 3.8) is 0 Å². The number of rotatable bonds is 8. The van der Waals surface area contributed by atoms with Crippen LogP contribution in [0.1, 0.15) is 13.8 Å². The highest BCUT2D eigenvalue weighted by molar-refractivity contribution is 7.42. The molecule has 0 spiro atoms. The van der Waals surface area contributed by atoms with Gasteiger partial charge in [0.2, 0.25) is 11.8 Å². The Kier molecular flexibility index (Phi) is 16.0. The molecule has 0 saturated carbocycles. The van der Waals surface area contributed by atoms with E-state index in [0.717, 1.165) is 22.1 Å². The summed E-state index contributed by atoms with van der Waals surface area (Å²) in [6.07, 6.45) is 0. The van der Waals surface area contributed by atoms with Crippen LogP contribution in [-0.4, -0.2) is 94.1 Å². The van der Waals surface area contributed by atoms with Crippen LogP contribution in [0, 0.1) is 0 Å². The standard InChI is InChI=1S/2C9H18N2O.H3O4P/c2*1-8(2)9(12)10-6-7-11(3,4)5;1-5(2,3)4/h2*1,6-7H2,2-5H3;(H3,1,2,3,4). The molecule has 0 unspecified atom stereocenters. The van der Waals surface area contributed by atoms with Crippen molar-refractivity contribution in [1.82, 2.24) is 10.6 Å². The zero-order valence-electron chi connectivity index (χ0n) is 19.1. The summed E-state index contributed by atoms with van der Waals surface area (Å²) in [6, 6.07) is 0. The molecule has 3 N–H and O–H groups in total. The molecule has 0 rings (SSSR count). The molecular formula is C18H39N4O6P. The highest BCUT2D eigenvalue weighted by atomic mass is 31.2. The zero-order valence-corrected chi connectivity index (χ0v) is 20.0. The number of carbonyl (C=O) groups excluding carboxylic acids is 2. The maximum absolute atomic E-state index is 11.0. The summed E-state index contributed by atoms with van der Waals surface area (Å²) in [4.78, 5) is 46.3. The van der Waals surface area contributed by atoms with E-state index in [4.69, 9.17) is 19.2 Å². The van der Waals surface area contributed by atoms with Crippen LogP contribution in [0.15, 0.2) is 24.3 Å². The number of hydrogen-bond acceptors (Lipinski definition) is 5. The Balaban J connectivity index is -0.000000380. The lowest BCUT2D eigenvalue weighted by molar-refractivity contribution is -0.869. The van der Waals surface area contributed by atoms with E-state index in [0.29, 0.717) is 24.2 Å².